The van der Waals surface area contributed by atoms with Gasteiger partial charge in [-0.2, -0.15) is 0 Å². The van der Waals surface area contributed by atoms with Gasteiger partial charge in [-0.25, -0.2) is 9.78 Å². The largest absolute Gasteiger partial charge is 0.485 e. The average Bonchev–Trinajstić information content (AvgIpc) is 2.64. The van der Waals surface area contributed by atoms with Crippen molar-refractivity contribution in [3.63, 3.8) is 0 Å². The van der Waals surface area contributed by atoms with Crippen molar-refractivity contribution < 1.29 is 9.15 Å². The molecule has 0 atom stereocenters. The van der Waals surface area contributed by atoms with E-state index in [0.29, 0.717) is 26.9 Å². The van der Waals surface area contributed by atoms with Gasteiger partial charge in [-0.15, -0.1) is 0 Å². The Morgan fingerprint density at radius 3 is 2.54 bits per heavy atom. The zero-order chi connectivity index (χ0) is 20.0. The Labute approximate surface area is 171 Å². The number of fused-ring (bicyclic) bond motifs is 2. The molecule has 4 rings (SSSR count). The van der Waals surface area contributed by atoms with Crippen LogP contribution in [0.4, 0.5) is 0 Å². The Balaban J connectivity index is 1.82. The Kier molecular flexibility index (Phi) is 4.77. The third kappa shape index (κ3) is 3.23. The standard InChI is InChI=1S/C22H17Cl2NO3/c1-11-4-6-15-14(8-19(26)28-21(15)13(11)3)10-27-22-18(24)9-17(23)16-7-5-12(2)25-20(16)22/h4-9H,10H2,1-3H3. The molecule has 0 saturated carbocycles. The number of benzene rings is 2. The van der Waals surface area contributed by atoms with Crippen molar-refractivity contribution in [3.8, 4) is 5.75 Å². The molecule has 4 aromatic rings. The van der Waals surface area contributed by atoms with Gasteiger partial charge < -0.3 is 9.15 Å². The van der Waals surface area contributed by atoms with Gasteiger partial charge in [-0.1, -0.05) is 35.3 Å². The number of rotatable bonds is 3. The van der Waals surface area contributed by atoms with Crippen molar-refractivity contribution in [2.75, 3.05) is 0 Å². The quantitative estimate of drug-likeness (QED) is 0.377. The van der Waals surface area contributed by atoms with Crippen LogP contribution < -0.4 is 10.4 Å². The van der Waals surface area contributed by atoms with Crippen molar-refractivity contribution >= 4 is 45.1 Å². The van der Waals surface area contributed by atoms with Gasteiger partial charge in [-0.3, -0.25) is 0 Å². The highest BCUT2D eigenvalue weighted by atomic mass is 35.5. The smallest absolute Gasteiger partial charge is 0.336 e. The molecule has 0 unspecified atom stereocenters. The molecule has 0 fully saturated rings. The number of aromatic nitrogens is 1. The lowest BCUT2D eigenvalue weighted by Gasteiger charge is -2.14. The molecule has 0 amide bonds. The first-order chi connectivity index (χ1) is 13.3. The van der Waals surface area contributed by atoms with Gasteiger partial charge in [0.15, 0.2) is 5.75 Å². The first-order valence-electron chi connectivity index (χ1n) is 8.76. The summed E-state index contributed by atoms with van der Waals surface area (Å²) < 4.78 is 11.5. The molecular formula is C22H17Cl2NO3. The molecule has 0 aliphatic carbocycles. The summed E-state index contributed by atoms with van der Waals surface area (Å²) in [6, 6.07) is 10.8. The molecule has 4 nitrogen and oxygen atoms in total. The Morgan fingerprint density at radius 1 is 1.00 bits per heavy atom. The maximum Gasteiger partial charge on any atom is 0.336 e. The third-order valence-corrected chi connectivity index (χ3v) is 5.46. The van der Waals surface area contributed by atoms with E-state index in [1.807, 2.05) is 45.0 Å². The van der Waals surface area contributed by atoms with E-state index in [-0.39, 0.29) is 6.61 Å². The van der Waals surface area contributed by atoms with Gasteiger partial charge in [0.25, 0.3) is 0 Å². The molecule has 0 N–H and O–H groups in total. The molecule has 2 aromatic carbocycles. The second-order valence-corrected chi connectivity index (χ2v) is 7.60. The van der Waals surface area contributed by atoms with E-state index in [9.17, 15) is 4.79 Å². The van der Waals surface area contributed by atoms with Crippen LogP contribution in [-0.2, 0) is 6.61 Å². The number of pyridine rings is 1. The van der Waals surface area contributed by atoms with Crippen LogP contribution in [0.1, 0.15) is 22.4 Å². The number of hydrogen-bond donors (Lipinski definition) is 0. The van der Waals surface area contributed by atoms with E-state index >= 15 is 0 Å². The molecule has 0 aliphatic heterocycles. The number of ether oxygens (including phenoxy) is 1. The van der Waals surface area contributed by atoms with Crippen molar-refractivity contribution in [3.05, 3.63) is 79.2 Å². The van der Waals surface area contributed by atoms with Crippen LogP contribution in [0, 0.1) is 20.8 Å². The normalized spacial score (nSPS) is 11.3. The molecule has 142 valence electrons. The molecule has 2 aromatic heterocycles. The van der Waals surface area contributed by atoms with Crippen LogP contribution in [-0.4, -0.2) is 4.98 Å². The maximum atomic E-state index is 12.1. The topological polar surface area (TPSA) is 52.3 Å². The molecule has 0 saturated heterocycles. The molecule has 2 heterocycles. The maximum absolute atomic E-state index is 12.1. The van der Waals surface area contributed by atoms with E-state index in [1.165, 1.54) is 6.07 Å². The fraction of sp³-hybridized carbons (Fsp3) is 0.182. The number of hydrogen-bond acceptors (Lipinski definition) is 4. The van der Waals surface area contributed by atoms with Crippen molar-refractivity contribution in [2.45, 2.75) is 27.4 Å². The summed E-state index contributed by atoms with van der Waals surface area (Å²) in [5.74, 6) is 0.440. The zero-order valence-electron chi connectivity index (χ0n) is 15.6. The monoisotopic (exact) mass is 413 g/mol. The summed E-state index contributed by atoms with van der Waals surface area (Å²) in [4.78, 5) is 16.6. The highest BCUT2D eigenvalue weighted by Crippen LogP contribution is 2.38. The van der Waals surface area contributed by atoms with Crippen molar-refractivity contribution in [1.82, 2.24) is 4.98 Å². The summed E-state index contributed by atoms with van der Waals surface area (Å²) in [5.41, 5.74) is 4.29. The second-order valence-electron chi connectivity index (χ2n) is 6.78. The van der Waals surface area contributed by atoms with Gasteiger partial charge in [-0.05, 0) is 50.1 Å². The number of aryl methyl sites for hydroxylation is 3. The van der Waals surface area contributed by atoms with E-state index in [1.54, 1.807) is 6.07 Å². The summed E-state index contributed by atoms with van der Waals surface area (Å²) in [6.45, 7) is 5.95. The van der Waals surface area contributed by atoms with Crippen LogP contribution in [0.3, 0.4) is 0 Å². The molecule has 6 heteroatoms. The van der Waals surface area contributed by atoms with E-state index in [2.05, 4.69) is 4.98 Å². The third-order valence-electron chi connectivity index (χ3n) is 4.87. The van der Waals surface area contributed by atoms with Crippen LogP contribution in [0.15, 0.2) is 45.6 Å². The van der Waals surface area contributed by atoms with Crippen LogP contribution >= 0.6 is 23.2 Å². The van der Waals surface area contributed by atoms with Crippen LogP contribution in [0.5, 0.6) is 5.75 Å². The molecule has 0 aliphatic rings. The van der Waals surface area contributed by atoms with E-state index in [0.717, 1.165) is 33.2 Å². The van der Waals surface area contributed by atoms with Gasteiger partial charge in [0.05, 0.1) is 10.0 Å². The van der Waals surface area contributed by atoms with Gasteiger partial charge in [0.1, 0.15) is 17.7 Å². The molecule has 0 radical (unpaired) electrons. The second kappa shape index (κ2) is 7.12. The molecule has 28 heavy (non-hydrogen) atoms. The fourth-order valence-electron chi connectivity index (χ4n) is 3.22. The Hall–Kier alpha value is -2.56. The number of nitrogens with zero attached hydrogens (tertiary/aromatic N) is 1. The van der Waals surface area contributed by atoms with Gasteiger partial charge in [0, 0.05) is 28.1 Å². The Morgan fingerprint density at radius 2 is 1.75 bits per heavy atom. The lowest BCUT2D eigenvalue weighted by atomic mass is 10.0. The van der Waals surface area contributed by atoms with Crippen LogP contribution in [0.2, 0.25) is 10.0 Å². The van der Waals surface area contributed by atoms with Crippen LogP contribution in [0.25, 0.3) is 21.9 Å². The Bertz CT molecular complexity index is 1290. The molecule has 0 spiro atoms. The lowest BCUT2D eigenvalue weighted by Crippen LogP contribution is -2.06. The molecular weight excluding hydrogens is 397 g/mol. The summed E-state index contributed by atoms with van der Waals surface area (Å²) in [7, 11) is 0. The first kappa shape index (κ1) is 18.8. The minimum Gasteiger partial charge on any atom is -0.485 e. The average molecular weight is 414 g/mol. The SMILES string of the molecule is Cc1ccc2c(Cl)cc(Cl)c(OCc3cc(=O)oc4c(C)c(C)ccc34)c2n1. The van der Waals surface area contributed by atoms with Crippen molar-refractivity contribution in [2.24, 2.45) is 0 Å². The lowest BCUT2D eigenvalue weighted by molar-refractivity contribution is 0.310. The van der Waals surface area contributed by atoms with Gasteiger partial charge in [0.2, 0.25) is 0 Å². The number of halogens is 2. The summed E-state index contributed by atoms with van der Waals surface area (Å²) in [5, 5.41) is 2.48. The van der Waals surface area contributed by atoms with Gasteiger partial charge >= 0.3 is 5.63 Å². The highest BCUT2D eigenvalue weighted by molar-refractivity contribution is 6.39. The summed E-state index contributed by atoms with van der Waals surface area (Å²) in [6.07, 6.45) is 0. The minimum atomic E-state index is -0.416. The first-order valence-corrected chi connectivity index (χ1v) is 9.52. The summed E-state index contributed by atoms with van der Waals surface area (Å²) >= 11 is 12.7. The zero-order valence-corrected chi connectivity index (χ0v) is 17.1. The van der Waals surface area contributed by atoms with Crippen molar-refractivity contribution in [1.29, 1.82) is 0 Å². The van der Waals surface area contributed by atoms with E-state index < -0.39 is 5.63 Å². The highest BCUT2D eigenvalue weighted by Gasteiger charge is 2.15. The molecule has 0 bridgehead atoms. The van der Waals surface area contributed by atoms with E-state index in [4.69, 9.17) is 32.4 Å². The predicted octanol–water partition coefficient (Wildman–Crippen LogP) is 6.15. The minimum absolute atomic E-state index is 0.149. The predicted molar refractivity (Wildman–Crippen MR) is 113 cm³/mol. The fourth-order valence-corrected chi connectivity index (χ4v) is 3.79.